The fourth-order valence-electron chi connectivity index (χ4n) is 26.5. The summed E-state index contributed by atoms with van der Waals surface area (Å²) in [6, 6.07) is 180. The van der Waals surface area contributed by atoms with E-state index in [1.165, 1.54) is 111 Å². The molecule has 2 aliphatic heterocycles. The molecule has 0 radical (unpaired) electrons. The highest BCUT2D eigenvalue weighted by Crippen LogP contribution is 2.68. The minimum atomic E-state index is -0.623. The number of benzene rings is 22. The maximum atomic E-state index is 7.18. The van der Waals surface area contributed by atoms with Crippen LogP contribution in [0.1, 0.15) is 89.0 Å². The van der Waals surface area contributed by atoms with Gasteiger partial charge in [-0.05, 0) is 227 Å². The minimum Gasteiger partial charge on any atom is -0.457 e. The lowest BCUT2D eigenvalue weighted by Gasteiger charge is -2.39. The van der Waals surface area contributed by atoms with Crippen LogP contribution in [0.5, 0.6) is 23.0 Å². The fraction of sp³-hybridized carbons (Fsp3) is 0.0294. The first kappa shape index (κ1) is 80.2. The third-order valence-corrected chi connectivity index (χ3v) is 32.0. The molecule has 22 aromatic carbocycles. The second-order valence-corrected chi connectivity index (χ2v) is 38.8. The molecule has 6 heterocycles. The van der Waals surface area contributed by atoms with Crippen molar-refractivity contribution in [2.45, 2.75) is 21.7 Å². The Kier molecular flexibility index (Phi) is 16.9. The van der Waals surface area contributed by atoms with Gasteiger partial charge in [0.2, 0.25) is 0 Å². The molecule has 0 saturated heterocycles. The van der Waals surface area contributed by atoms with Crippen LogP contribution >= 0.6 is 0 Å². The maximum Gasteiger partial charge on any atom is 0.159 e. The molecule has 8 heteroatoms. The molecule has 4 aliphatic carbocycles. The summed E-state index contributed by atoms with van der Waals surface area (Å²) in [5, 5.41) is 8.46. The predicted molar refractivity (Wildman–Crippen MR) is 581 cm³/mol. The van der Waals surface area contributed by atoms with Crippen LogP contribution in [0.25, 0.3) is 132 Å². The number of fused-ring (bicyclic) bond motifs is 36. The molecule has 0 atom stereocenters. The Balaban J connectivity index is 0.000000131. The highest BCUT2D eigenvalue weighted by Gasteiger charge is 2.55. The zero-order chi connectivity index (χ0) is 94.2. The number of para-hydroxylation sites is 7. The molecule has 0 saturated carbocycles. The quantitative estimate of drug-likeness (QED) is 0.134. The first-order valence-electron chi connectivity index (χ1n) is 49.5. The van der Waals surface area contributed by atoms with Crippen molar-refractivity contribution in [2.24, 2.45) is 0 Å². The van der Waals surface area contributed by atoms with Crippen molar-refractivity contribution in [2.75, 3.05) is 9.80 Å². The van der Waals surface area contributed by atoms with Crippen molar-refractivity contribution >= 4 is 122 Å². The Morgan fingerprint density at radius 1 is 0.160 bits per heavy atom. The van der Waals surface area contributed by atoms with Crippen molar-refractivity contribution < 1.29 is 27.1 Å². The zero-order valence-corrected chi connectivity index (χ0v) is 77.7. The lowest BCUT2D eigenvalue weighted by molar-refractivity contribution is 0.436. The van der Waals surface area contributed by atoms with E-state index in [0.717, 1.165) is 167 Å². The van der Waals surface area contributed by atoms with Gasteiger partial charge >= 0.3 is 0 Å². The summed E-state index contributed by atoms with van der Waals surface area (Å²) in [5.41, 5.74) is 39.0. The molecule has 6 aliphatic rings. The molecule has 32 rings (SSSR count). The average Bonchev–Trinajstić information content (AvgIpc) is 1.48. The molecule has 0 unspecified atom stereocenters. The summed E-state index contributed by atoms with van der Waals surface area (Å²) in [6.07, 6.45) is 0. The van der Waals surface area contributed by atoms with Crippen molar-refractivity contribution in [1.82, 2.24) is 0 Å². The van der Waals surface area contributed by atoms with E-state index in [9.17, 15) is 0 Å². The van der Waals surface area contributed by atoms with Gasteiger partial charge in [-0.25, -0.2) is 0 Å². The number of anilines is 6. The van der Waals surface area contributed by atoms with Crippen LogP contribution in [-0.2, 0) is 21.7 Å². The van der Waals surface area contributed by atoms with Gasteiger partial charge in [0.1, 0.15) is 62.1 Å². The van der Waals surface area contributed by atoms with Gasteiger partial charge in [0.05, 0.1) is 55.2 Å². The number of nitrogens with zero attached hydrogens (tertiary/aromatic N) is 2. The molecule has 0 N–H and O–H groups in total. The Hall–Kier alpha value is -18.8. The molecule has 2 spiro atoms. The normalized spacial score (nSPS) is 14.2. The summed E-state index contributed by atoms with van der Waals surface area (Å²) >= 11 is 0. The van der Waals surface area contributed by atoms with Gasteiger partial charge in [-0.2, -0.15) is 0 Å². The highest BCUT2D eigenvalue weighted by molar-refractivity contribution is 6.20. The largest absolute Gasteiger partial charge is 0.457 e. The summed E-state index contributed by atoms with van der Waals surface area (Å²) in [6.45, 7) is 0. The molecule has 0 fully saturated rings. The van der Waals surface area contributed by atoms with Crippen LogP contribution in [0.3, 0.4) is 0 Å². The minimum absolute atomic E-state index is 0.585. The van der Waals surface area contributed by atoms with Crippen LogP contribution < -0.4 is 19.3 Å². The Morgan fingerprint density at radius 3 is 0.979 bits per heavy atom. The summed E-state index contributed by atoms with van der Waals surface area (Å²) in [7, 11) is 0. The summed E-state index contributed by atoms with van der Waals surface area (Å²) < 4.78 is 41.4. The highest BCUT2D eigenvalue weighted by atomic mass is 16.5. The Bertz CT molecular complexity index is 9740. The molecule has 0 amide bonds. The van der Waals surface area contributed by atoms with E-state index in [1.807, 2.05) is 12.1 Å². The SMILES string of the molecule is c1ccc(C2(c3ccccc3)c3ccccc3-c3c(N(c4ccc5c(c4)oc4ccccc45)c4cccc5oc6cc7c(cc6c45)-c4ccccc4C74c5ccccc5Oc5ccccc54)cccc32)cc1.c1ccc(C2(c3ccccc3)c3ccccc3-c3ccc(N(c4cccc5c4oc4ccccc45)c4cccc5oc6cc7c(cc6c45)-c4ccccc4C74c5ccccc5Oc5ccccc54)cc32)cc1. The number of hydrogen-bond acceptors (Lipinski definition) is 8. The first-order chi connectivity index (χ1) is 71.4. The van der Waals surface area contributed by atoms with Crippen LogP contribution in [0.2, 0.25) is 0 Å². The molecule has 8 nitrogen and oxygen atoms in total. The third kappa shape index (κ3) is 10.8. The van der Waals surface area contributed by atoms with Gasteiger partial charge in [0.15, 0.2) is 5.58 Å². The van der Waals surface area contributed by atoms with E-state index < -0.39 is 21.7 Å². The maximum absolute atomic E-state index is 7.18. The summed E-state index contributed by atoms with van der Waals surface area (Å²) in [5.74, 6) is 3.45. The van der Waals surface area contributed by atoms with E-state index in [1.54, 1.807) is 0 Å². The zero-order valence-electron chi connectivity index (χ0n) is 77.7. The second-order valence-electron chi connectivity index (χ2n) is 38.8. The van der Waals surface area contributed by atoms with Gasteiger partial charge in [0.25, 0.3) is 0 Å². The fourth-order valence-corrected chi connectivity index (χ4v) is 26.5. The van der Waals surface area contributed by atoms with E-state index in [4.69, 9.17) is 27.1 Å². The van der Waals surface area contributed by atoms with Crippen LogP contribution in [0, 0.1) is 0 Å². The Morgan fingerprint density at radius 2 is 0.472 bits per heavy atom. The van der Waals surface area contributed by atoms with Crippen LogP contribution in [0.4, 0.5) is 34.1 Å². The van der Waals surface area contributed by atoms with Crippen molar-refractivity contribution in [3.05, 3.63) is 586 Å². The molecular weight excluding hydrogens is 1760 g/mol. The third-order valence-electron chi connectivity index (χ3n) is 32.0. The van der Waals surface area contributed by atoms with E-state index in [2.05, 4.69) is 495 Å². The standard InChI is InChI=1S/2C68H41NO3/c1-3-19-42(20-4-1)67(43-21-5-2-6-22-43)52-27-11-8-25-48(52)65-55(67)30-17-31-57(65)69(44-37-38-47-46-24-9-14-33-59(46)70-63(47)39-44)58-32-18-36-62-66(58)50-40-49-45-23-7-10-26-51(45)68(56(49)41-64(50)72-62)53-28-12-15-34-60(53)71-61-35-16-13-29-54(61)68;1-3-19-42(20-4-1)67(43-21-5-2-6-22-43)52-27-10-7-23-45(52)47-38-37-44(39-56(47)67)69(59-32-17-26-49-48-25-9-14-33-60(48)72-66(49)59)58-31-18-36-63-65(58)51-40-50-46-24-8-11-28-53(46)68(57(50)41-64(51)71-63)54-29-12-15-34-61(54)70-62-35-16-13-30-55(62)68/h2*1-41H. The van der Waals surface area contributed by atoms with Gasteiger partial charge in [-0.15, -0.1) is 0 Å². The van der Waals surface area contributed by atoms with Gasteiger partial charge in [-0.3, -0.25) is 0 Å². The molecular formula is C136H82N2O6. The van der Waals surface area contributed by atoms with Crippen molar-refractivity contribution in [3.8, 4) is 67.5 Å². The lowest BCUT2D eigenvalue weighted by atomic mass is 9.66. The number of rotatable bonds is 10. The van der Waals surface area contributed by atoms with Gasteiger partial charge < -0.3 is 36.9 Å². The summed E-state index contributed by atoms with van der Waals surface area (Å²) in [4.78, 5) is 4.87. The van der Waals surface area contributed by atoms with Crippen LogP contribution in [0.15, 0.2) is 515 Å². The first-order valence-corrected chi connectivity index (χ1v) is 49.5. The Labute approximate surface area is 828 Å². The molecule has 672 valence electrons. The smallest absolute Gasteiger partial charge is 0.159 e. The molecule has 0 bridgehead atoms. The van der Waals surface area contributed by atoms with Gasteiger partial charge in [0, 0.05) is 77.6 Å². The van der Waals surface area contributed by atoms with E-state index >= 15 is 0 Å². The number of hydrogen-bond donors (Lipinski definition) is 0. The molecule has 26 aromatic rings. The number of furan rings is 4. The van der Waals surface area contributed by atoms with Crippen molar-refractivity contribution in [1.29, 1.82) is 0 Å². The van der Waals surface area contributed by atoms with Gasteiger partial charge in [-0.1, -0.05) is 370 Å². The van der Waals surface area contributed by atoms with E-state index in [-0.39, 0.29) is 0 Å². The lowest BCUT2D eigenvalue weighted by Crippen LogP contribution is -2.32. The monoisotopic (exact) mass is 1840 g/mol. The molecule has 144 heavy (non-hydrogen) atoms. The number of ether oxygens (including phenoxy) is 2. The molecule has 4 aromatic heterocycles. The van der Waals surface area contributed by atoms with Crippen molar-refractivity contribution in [3.63, 3.8) is 0 Å². The second kappa shape index (κ2) is 30.4. The van der Waals surface area contributed by atoms with E-state index in [0.29, 0.717) is 0 Å². The average molecular weight is 1840 g/mol. The topological polar surface area (TPSA) is 77.5 Å². The predicted octanol–water partition coefficient (Wildman–Crippen LogP) is 35.6. The van der Waals surface area contributed by atoms with Crippen LogP contribution in [-0.4, -0.2) is 0 Å².